The van der Waals surface area contributed by atoms with Crippen molar-refractivity contribution in [3.8, 4) is 6.07 Å². The summed E-state index contributed by atoms with van der Waals surface area (Å²) in [6.45, 7) is 5.62. The molecule has 1 heterocycles. The fourth-order valence-electron chi connectivity index (χ4n) is 1.74. The summed E-state index contributed by atoms with van der Waals surface area (Å²) in [6, 6.07) is 1.79. The molecule has 1 aliphatic heterocycles. The van der Waals surface area contributed by atoms with Gasteiger partial charge in [0, 0.05) is 0 Å². The lowest BCUT2D eigenvalue weighted by atomic mass is 10.1. The number of amides is 1. The van der Waals surface area contributed by atoms with Crippen molar-refractivity contribution in [2.24, 2.45) is 0 Å². The molecule has 0 aromatic rings. The van der Waals surface area contributed by atoms with E-state index < -0.39 is 17.8 Å². The van der Waals surface area contributed by atoms with Crippen molar-refractivity contribution in [1.29, 1.82) is 5.26 Å². The second-order valence-electron chi connectivity index (χ2n) is 5.04. The number of carbonyl (C=O) groups is 1. The first-order valence-corrected chi connectivity index (χ1v) is 5.38. The quantitative estimate of drug-likeness (QED) is 0.730. The van der Waals surface area contributed by atoms with Crippen molar-refractivity contribution in [3.05, 3.63) is 0 Å². The Morgan fingerprint density at radius 3 is 2.75 bits per heavy atom. The van der Waals surface area contributed by atoms with E-state index in [4.69, 9.17) is 10.00 Å². The summed E-state index contributed by atoms with van der Waals surface area (Å²) in [5, 5.41) is 18.1. The van der Waals surface area contributed by atoms with Gasteiger partial charge in [0.05, 0.1) is 31.2 Å². The van der Waals surface area contributed by atoms with Crippen LogP contribution in [0.3, 0.4) is 0 Å². The monoisotopic (exact) mass is 226 g/mol. The highest BCUT2D eigenvalue weighted by Gasteiger charge is 2.36. The Morgan fingerprint density at radius 2 is 2.25 bits per heavy atom. The van der Waals surface area contributed by atoms with Crippen LogP contribution in [0.1, 0.15) is 33.6 Å². The number of aliphatic hydroxyl groups is 1. The third kappa shape index (κ3) is 3.38. The van der Waals surface area contributed by atoms with Gasteiger partial charge in [-0.2, -0.15) is 5.26 Å². The average Bonchev–Trinajstić information content (AvgIpc) is 2.44. The number of hydrogen-bond acceptors (Lipinski definition) is 4. The van der Waals surface area contributed by atoms with Crippen LogP contribution in [0, 0.1) is 11.3 Å². The van der Waals surface area contributed by atoms with Gasteiger partial charge in [-0.25, -0.2) is 4.79 Å². The number of nitriles is 1. The molecule has 5 heteroatoms. The molecule has 0 bridgehead atoms. The van der Waals surface area contributed by atoms with Gasteiger partial charge in [0.15, 0.2) is 0 Å². The first-order chi connectivity index (χ1) is 7.33. The highest BCUT2D eigenvalue weighted by molar-refractivity contribution is 5.69. The number of hydrogen-bond donors (Lipinski definition) is 1. The van der Waals surface area contributed by atoms with Gasteiger partial charge in [-0.1, -0.05) is 0 Å². The normalized spacial score (nSPS) is 25.3. The lowest BCUT2D eigenvalue weighted by Gasteiger charge is -2.27. The maximum absolute atomic E-state index is 11.8. The fourth-order valence-corrected chi connectivity index (χ4v) is 1.74. The van der Waals surface area contributed by atoms with Crippen LogP contribution < -0.4 is 0 Å². The van der Waals surface area contributed by atoms with Crippen molar-refractivity contribution in [1.82, 2.24) is 4.90 Å². The minimum Gasteiger partial charge on any atom is -0.444 e. The summed E-state index contributed by atoms with van der Waals surface area (Å²) < 4.78 is 5.21. The third-order valence-electron chi connectivity index (χ3n) is 2.35. The minimum absolute atomic E-state index is 0.227. The molecule has 0 aromatic heterocycles. The molecule has 1 saturated heterocycles. The first-order valence-electron chi connectivity index (χ1n) is 5.38. The number of rotatable bonds is 1. The van der Waals surface area contributed by atoms with Gasteiger partial charge >= 0.3 is 6.09 Å². The van der Waals surface area contributed by atoms with Crippen molar-refractivity contribution >= 4 is 6.09 Å². The molecule has 16 heavy (non-hydrogen) atoms. The van der Waals surface area contributed by atoms with Crippen molar-refractivity contribution in [2.45, 2.75) is 51.4 Å². The molecule has 1 unspecified atom stereocenters. The Kier molecular flexibility index (Phi) is 3.76. The van der Waals surface area contributed by atoms with E-state index in [9.17, 15) is 9.90 Å². The van der Waals surface area contributed by atoms with E-state index >= 15 is 0 Å². The molecule has 90 valence electrons. The topological polar surface area (TPSA) is 73.6 Å². The second-order valence-corrected chi connectivity index (χ2v) is 5.04. The van der Waals surface area contributed by atoms with Crippen LogP contribution in [0.5, 0.6) is 0 Å². The maximum Gasteiger partial charge on any atom is 0.410 e. The van der Waals surface area contributed by atoms with Crippen LogP contribution in [0.15, 0.2) is 0 Å². The molecule has 1 amide bonds. The zero-order valence-corrected chi connectivity index (χ0v) is 9.93. The van der Waals surface area contributed by atoms with E-state index in [0.717, 1.165) is 0 Å². The van der Waals surface area contributed by atoms with Gasteiger partial charge < -0.3 is 14.7 Å². The number of aliphatic hydroxyl groups excluding tert-OH is 1. The summed E-state index contributed by atoms with van der Waals surface area (Å²) in [4.78, 5) is 13.2. The molecule has 1 rings (SSSR count). The molecule has 1 N–H and O–H groups in total. The first kappa shape index (κ1) is 12.8. The highest BCUT2D eigenvalue weighted by atomic mass is 16.6. The summed E-state index contributed by atoms with van der Waals surface area (Å²) in [5.41, 5.74) is -0.554. The van der Waals surface area contributed by atoms with Crippen molar-refractivity contribution < 1.29 is 14.6 Å². The number of carbonyl (C=O) groups excluding carboxylic acids is 1. The zero-order valence-electron chi connectivity index (χ0n) is 9.93. The molecule has 1 fully saturated rings. The smallest absolute Gasteiger partial charge is 0.410 e. The van der Waals surface area contributed by atoms with Crippen molar-refractivity contribution in [3.63, 3.8) is 0 Å². The lowest BCUT2D eigenvalue weighted by molar-refractivity contribution is 0.0211. The average molecular weight is 226 g/mol. The van der Waals surface area contributed by atoms with Gasteiger partial charge in [0.25, 0.3) is 0 Å². The van der Waals surface area contributed by atoms with Gasteiger partial charge in [-0.05, 0) is 27.2 Å². The predicted molar refractivity (Wildman–Crippen MR) is 57.6 cm³/mol. The maximum atomic E-state index is 11.8. The number of nitrogens with zero attached hydrogens (tertiary/aromatic N) is 2. The van der Waals surface area contributed by atoms with E-state index in [1.165, 1.54) is 4.90 Å². The fraction of sp³-hybridized carbons (Fsp3) is 0.818. The third-order valence-corrected chi connectivity index (χ3v) is 2.35. The van der Waals surface area contributed by atoms with E-state index in [2.05, 4.69) is 0 Å². The standard InChI is InChI=1S/C11H18N2O3/c1-11(2,3)16-10(15)13-7-9(14)6-8(13)4-5-12/h8-9,14H,4,6-7H2,1-3H3/t8-,9?/m1/s1. The number of likely N-dealkylation sites (tertiary alicyclic amines) is 1. The van der Waals surface area contributed by atoms with E-state index in [1.54, 1.807) is 20.8 Å². The van der Waals surface area contributed by atoms with Gasteiger partial charge in [0.1, 0.15) is 5.60 Å². The molecule has 0 radical (unpaired) electrons. The van der Waals surface area contributed by atoms with Crippen LogP contribution >= 0.6 is 0 Å². The highest BCUT2D eigenvalue weighted by Crippen LogP contribution is 2.22. The van der Waals surface area contributed by atoms with E-state index in [1.807, 2.05) is 6.07 Å². The second kappa shape index (κ2) is 4.71. The van der Waals surface area contributed by atoms with Crippen LogP contribution in [-0.4, -0.2) is 40.4 Å². The largest absolute Gasteiger partial charge is 0.444 e. The molecular formula is C11H18N2O3. The lowest BCUT2D eigenvalue weighted by Crippen LogP contribution is -2.40. The van der Waals surface area contributed by atoms with Crippen LogP contribution in [0.2, 0.25) is 0 Å². The van der Waals surface area contributed by atoms with Gasteiger partial charge in [-0.3, -0.25) is 0 Å². The van der Waals surface area contributed by atoms with Crippen LogP contribution in [0.25, 0.3) is 0 Å². The Hall–Kier alpha value is -1.28. The van der Waals surface area contributed by atoms with Gasteiger partial charge in [0.2, 0.25) is 0 Å². The molecular weight excluding hydrogens is 208 g/mol. The van der Waals surface area contributed by atoms with Gasteiger partial charge in [-0.15, -0.1) is 0 Å². The summed E-state index contributed by atoms with van der Waals surface area (Å²) in [6.07, 6.45) is -0.321. The zero-order chi connectivity index (χ0) is 12.3. The Labute approximate surface area is 95.6 Å². The molecule has 1 aliphatic rings. The number of ether oxygens (including phenoxy) is 1. The summed E-state index contributed by atoms with van der Waals surface area (Å²) in [5.74, 6) is 0. The van der Waals surface area contributed by atoms with E-state index in [-0.39, 0.29) is 19.0 Å². The summed E-state index contributed by atoms with van der Waals surface area (Å²) in [7, 11) is 0. The Morgan fingerprint density at radius 1 is 1.62 bits per heavy atom. The molecule has 5 nitrogen and oxygen atoms in total. The van der Waals surface area contributed by atoms with E-state index in [0.29, 0.717) is 6.42 Å². The molecule has 0 spiro atoms. The SMILES string of the molecule is CC(C)(C)OC(=O)N1CC(O)C[C@H]1CC#N. The van der Waals surface area contributed by atoms with Crippen LogP contribution in [-0.2, 0) is 4.74 Å². The molecule has 0 aliphatic carbocycles. The number of β-amino-alcohol motifs (C(OH)–C–C–N with tert-alkyl or cyclic N) is 1. The molecule has 0 aromatic carbocycles. The predicted octanol–water partition coefficient (Wildman–Crippen LogP) is 1.27. The molecule has 0 saturated carbocycles. The molecule has 2 atom stereocenters. The summed E-state index contributed by atoms with van der Waals surface area (Å²) >= 11 is 0. The van der Waals surface area contributed by atoms with Crippen molar-refractivity contribution in [2.75, 3.05) is 6.54 Å². The minimum atomic E-state index is -0.554. The Bertz CT molecular complexity index is 303. The Balaban J connectivity index is 2.64. The van der Waals surface area contributed by atoms with Crippen LogP contribution in [0.4, 0.5) is 4.79 Å².